The molecule has 1 nitrogen and oxygen atoms in total. The maximum Gasteiger partial charge on any atom is 0.126 e. The maximum absolute atomic E-state index is 13.7. The van der Waals surface area contributed by atoms with Crippen LogP contribution in [0.15, 0.2) is 46.9 Å². The minimum absolute atomic E-state index is 0.134. The molecule has 0 saturated carbocycles. The summed E-state index contributed by atoms with van der Waals surface area (Å²) in [6, 6.07) is 13.0. The molecule has 1 aliphatic rings. The van der Waals surface area contributed by atoms with Crippen LogP contribution in [-0.4, -0.2) is 11.2 Å². The van der Waals surface area contributed by atoms with E-state index >= 15 is 0 Å². The Morgan fingerprint density at radius 2 is 2.05 bits per heavy atom. The standard InChI is InChI=1S/C16H14BrFO/c17-12-5-6-15(18)11(7-12)9-16(19)14-8-10-3-1-2-4-13(10)14/h1-7,14,16,19H,8-9H2. The van der Waals surface area contributed by atoms with Gasteiger partial charge in [0, 0.05) is 16.8 Å². The SMILES string of the molecule is OC(Cc1cc(Br)ccc1F)C1Cc2ccccc21. The molecule has 0 radical (unpaired) electrons. The predicted octanol–water partition coefficient (Wildman–Crippen LogP) is 3.83. The molecule has 1 N–H and O–H groups in total. The van der Waals surface area contributed by atoms with Crippen LogP contribution in [0.4, 0.5) is 4.39 Å². The molecule has 0 saturated heterocycles. The first-order valence-corrected chi connectivity index (χ1v) is 7.14. The van der Waals surface area contributed by atoms with E-state index < -0.39 is 6.10 Å². The maximum atomic E-state index is 13.7. The van der Waals surface area contributed by atoms with Gasteiger partial charge in [0.15, 0.2) is 0 Å². The lowest BCUT2D eigenvalue weighted by molar-refractivity contribution is 0.132. The van der Waals surface area contributed by atoms with E-state index in [0.29, 0.717) is 12.0 Å². The zero-order valence-corrected chi connectivity index (χ0v) is 11.9. The fourth-order valence-corrected chi connectivity index (χ4v) is 3.12. The Hall–Kier alpha value is -1.19. The number of hydrogen-bond donors (Lipinski definition) is 1. The molecule has 2 atom stereocenters. The molecule has 0 spiro atoms. The molecular weight excluding hydrogens is 307 g/mol. The van der Waals surface area contributed by atoms with Crippen molar-refractivity contribution in [2.24, 2.45) is 0 Å². The Kier molecular flexibility index (Phi) is 3.42. The Morgan fingerprint density at radius 3 is 2.84 bits per heavy atom. The van der Waals surface area contributed by atoms with Gasteiger partial charge < -0.3 is 5.11 Å². The Balaban J connectivity index is 1.76. The molecule has 3 heteroatoms. The lowest BCUT2D eigenvalue weighted by Gasteiger charge is -2.34. The normalized spacial score (nSPS) is 18.6. The molecule has 2 aromatic rings. The van der Waals surface area contributed by atoms with Gasteiger partial charge in [0.05, 0.1) is 6.10 Å². The van der Waals surface area contributed by atoms with Crippen LogP contribution < -0.4 is 0 Å². The van der Waals surface area contributed by atoms with Gasteiger partial charge in [0.25, 0.3) is 0 Å². The van der Waals surface area contributed by atoms with Gasteiger partial charge in [-0.1, -0.05) is 40.2 Å². The van der Waals surface area contributed by atoms with Crippen molar-refractivity contribution in [3.63, 3.8) is 0 Å². The van der Waals surface area contributed by atoms with E-state index in [4.69, 9.17) is 0 Å². The third kappa shape index (κ3) is 2.45. The minimum atomic E-state index is -0.529. The summed E-state index contributed by atoms with van der Waals surface area (Å²) in [5, 5.41) is 10.3. The van der Waals surface area contributed by atoms with Crippen molar-refractivity contribution in [3.05, 3.63) is 69.4 Å². The summed E-state index contributed by atoms with van der Waals surface area (Å²) >= 11 is 3.33. The third-order valence-corrected chi connectivity index (χ3v) is 4.29. The van der Waals surface area contributed by atoms with Crippen LogP contribution in [0.5, 0.6) is 0 Å². The third-order valence-electron chi connectivity index (χ3n) is 3.80. The fraction of sp³-hybridized carbons (Fsp3) is 0.250. The number of halogens is 2. The summed E-state index contributed by atoms with van der Waals surface area (Å²) < 4.78 is 14.5. The molecule has 2 aromatic carbocycles. The summed E-state index contributed by atoms with van der Waals surface area (Å²) in [6.07, 6.45) is 0.704. The molecular formula is C16H14BrFO. The first-order chi connectivity index (χ1) is 9.15. The van der Waals surface area contributed by atoms with Crippen molar-refractivity contribution in [3.8, 4) is 0 Å². The fourth-order valence-electron chi connectivity index (χ4n) is 2.71. The topological polar surface area (TPSA) is 20.2 Å². The second kappa shape index (κ2) is 5.06. The van der Waals surface area contributed by atoms with Gasteiger partial charge in [-0.3, -0.25) is 0 Å². The van der Waals surface area contributed by atoms with Crippen LogP contribution in [0, 0.1) is 5.82 Å². The first-order valence-electron chi connectivity index (χ1n) is 6.35. The molecule has 0 aromatic heterocycles. The van der Waals surface area contributed by atoms with Gasteiger partial charge in [0.1, 0.15) is 5.82 Å². The van der Waals surface area contributed by atoms with E-state index in [0.717, 1.165) is 10.9 Å². The zero-order chi connectivity index (χ0) is 13.4. The number of aliphatic hydroxyl groups excluding tert-OH is 1. The number of benzene rings is 2. The Labute approximate surface area is 120 Å². The average Bonchev–Trinajstić information content (AvgIpc) is 2.35. The monoisotopic (exact) mass is 320 g/mol. The summed E-state index contributed by atoms with van der Waals surface area (Å²) in [5.41, 5.74) is 3.05. The molecule has 1 aliphatic carbocycles. The molecule has 0 fully saturated rings. The molecule has 0 bridgehead atoms. The zero-order valence-electron chi connectivity index (χ0n) is 10.3. The van der Waals surface area contributed by atoms with Crippen LogP contribution in [0.2, 0.25) is 0 Å². The quantitative estimate of drug-likeness (QED) is 0.911. The molecule has 0 heterocycles. The lowest BCUT2D eigenvalue weighted by Crippen LogP contribution is -2.30. The van der Waals surface area contributed by atoms with E-state index in [2.05, 4.69) is 22.0 Å². The van der Waals surface area contributed by atoms with Crippen molar-refractivity contribution >= 4 is 15.9 Å². The summed E-state index contributed by atoms with van der Waals surface area (Å²) in [6.45, 7) is 0. The van der Waals surface area contributed by atoms with E-state index in [-0.39, 0.29) is 11.7 Å². The van der Waals surface area contributed by atoms with Crippen LogP contribution in [-0.2, 0) is 12.8 Å². The van der Waals surface area contributed by atoms with Crippen molar-refractivity contribution in [2.75, 3.05) is 0 Å². The molecule has 2 unspecified atom stereocenters. The number of rotatable bonds is 3. The van der Waals surface area contributed by atoms with E-state index in [1.165, 1.54) is 17.2 Å². The highest BCUT2D eigenvalue weighted by atomic mass is 79.9. The predicted molar refractivity (Wildman–Crippen MR) is 76.7 cm³/mol. The summed E-state index contributed by atoms with van der Waals surface area (Å²) in [4.78, 5) is 0. The molecule has 3 rings (SSSR count). The summed E-state index contributed by atoms with van der Waals surface area (Å²) in [7, 11) is 0. The van der Waals surface area contributed by atoms with Gasteiger partial charge in [0.2, 0.25) is 0 Å². The smallest absolute Gasteiger partial charge is 0.126 e. The number of hydrogen-bond acceptors (Lipinski definition) is 1. The van der Waals surface area contributed by atoms with Crippen molar-refractivity contribution in [1.29, 1.82) is 0 Å². The van der Waals surface area contributed by atoms with E-state index in [1.807, 2.05) is 18.2 Å². The Morgan fingerprint density at radius 1 is 1.26 bits per heavy atom. The molecule has 0 aliphatic heterocycles. The van der Waals surface area contributed by atoms with Crippen molar-refractivity contribution < 1.29 is 9.50 Å². The molecule has 0 amide bonds. The largest absolute Gasteiger partial charge is 0.392 e. The second-order valence-corrected chi connectivity index (χ2v) is 5.93. The number of fused-ring (bicyclic) bond motifs is 1. The highest BCUT2D eigenvalue weighted by molar-refractivity contribution is 9.10. The lowest BCUT2D eigenvalue weighted by atomic mass is 9.73. The van der Waals surface area contributed by atoms with Gasteiger partial charge in [-0.15, -0.1) is 0 Å². The van der Waals surface area contributed by atoms with Crippen LogP contribution in [0.25, 0.3) is 0 Å². The van der Waals surface area contributed by atoms with Gasteiger partial charge >= 0.3 is 0 Å². The average molecular weight is 321 g/mol. The Bertz CT molecular complexity index is 611. The van der Waals surface area contributed by atoms with Gasteiger partial charge in [-0.2, -0.15) is 0 Å². The second-order valence-electron chi connectivity index (χ2n) is 5.02. The van der Waals surface area contributed by atoms with Crippen LogP contribution in [0.3, 0.4) is 0 Å². The van der Waals surface area contributed by atoms with Crippen molar-refractivity contribution in [2.45, 2.75) is 24.9 Å². The number of aliphatic hydroxyl groups is 1. The van der Waals surface area contributed by atoms with E-state index in [1.54, 1.807) is 12.1 Å². The van der Waals surface area contributed by atoms with Crippen molar-refractivity contribution in [1.82, 2.24) is 0 Å². The van der Waals surface area contributed by atoms with E-state index in [9.17, 15) is 9.50 Å². The first kappa shape index (κ1) is 12.8. The highest BCUT2D eigenvalue weighted by Gasteiger charge is 2.31. The highest BCUT2D eigenvalue weighted by Crippen LogP contribution is 2.38. The van der Waals surface area contributed by atoms with Gasteiger partial charge in [-0.05, 0) is 41.3 Å². The minimum Gasteiger partial charge on any atom is -0.392 e. The van der Waals surface area contributed by atoms with Crippen LogP contribution in [0.1, 0.15) is 22.6 Å². The van der Waals surface area contributed by atoms with Crippen LogP contribution >= 0.6 is 15.9 Å². The molecule has 98 valence electrons. The van der Waals surface area contributed by atoms with Gasteiger partial charge in [-0.25, -0.2) is 4.39 Å². The summed E-state index contributed by atoms with van der Waals surface area (Å²) in [5.74, 6) is -0.121. The molecule has 19 heavy (non-hydrogen) atoms.